The lowest BCUT2D eigenvalue weighted by Gasteiger charge is -2.09. The second kappa shape index (κ2) is 4.98. The van der Waals surface area contributed by atoms with E-state index in [4.69, 9.17) is 10.00 Å². The molecule has 0 spiro atoms. The zero-order valence-corrected chi connectivity index (χ0v) is 10.5. The normalized spacial score (nSPS) is 9.94. The van der Waals surface area contributed by atoms with Crippen LogP contribution in [0.2, 0.25) is 0 Å². The Morgan fingerprint density at radius 3 is 2.94 bits per heavy atom. The number of hydrogen-bond donors (Lipinski definition) is 0. The summed E-state index contributed by atoms with van der Waals surface area (Å²) in [5.41, 5.74) is 2.10. The summed E-state index contributed by atoms with van der Waals surface area (Å²) in [7, 11) is 0. The molecular weight excluding hydrogens is 232 g/mol. The highest BCUT2D eigenvalue weighted by atomic mass is 32.1. The van der Waals surface area contributed by atoms with Crippen molar-refractivity contribution in [1.82, 2.24) is 4.98 Å². The van der Waals surface area contributed by atoms with Crippen molar-refractivity contribution in [3.63, 3.8) is 0 Å². The van der Waals surface area contributed by atoms with E-state index in [1.807, 2.05) is 31.4 Å². The Balaban J connectivity index is 2.23. The molecule has 0 aromatic carbocycles. The van der Waals surface area contributed by atoms with E-state index in [9.17, 15) is 0 Å². The van der Waals surface area contributed by atoms with Crippen LogP contribution in [-0.2, 0) is 6.61 Å². The summed E-state index contributed by atoms with van der Waals surface area (Å²) in [4.78, 5) is 5.39. The van der Waals surface area contributed by atoms with Crippen LogP contribution in [0.3, 0.4) is 0 Å². The quantitative estimate of drug-likeness (QED) is 0.832. The van der Waals surface area contributed by atoms with Crippen molar-refractivity contribution in [1.29, 1.82) is 5.26 Å². The molecule has 0 aliphatic rings. The molecule has 4 heteroatoms. The summed E-state index contributed by atoms with van der Waals surface area (Å²) >= 11 is 1.64. The van der Waals surface area contributed by atoms with Crippen molar-refractivity contribution in [2.45, 2.75) is 20.5 Å². The van der Waals surface area contributed by atoms with Gasteiger partial charge in [0.2, 0.25) is 0 Å². The Morgan fingerprint density at radius 1 is 1.47 bits per heavy atom. The van der Waals surface area contributed by atoms with E-state index in [0.29, 0.717) is 23.6 Å². The first kappa shape index (κ1) is 11.6. The number of hydrogen-bond acceptors (Lipinski definition) is 4. The SMILES string of the molecule is Cc1cc(OCc2cccs2)c(C#N)c(C)n1. The van der Waals surface area contributed by atoms with E-state index in [1.54, 1.807) is 17.4 Å². The third-order valence-corrected chi connectivity index (χ3v) is 3.20. The van der Waals surface area contributed by atoms with Crippen molar-refractivity contribution in [3.05, 3.63) is 45.4 Å². The van der Waals surface area contributed by atoms with Crippen LogP contribution in [0.1, 0.15) is 21.8 Å². The van der Waals surface area contributed by atoms with E-state index < -0.39 is 0 Å². The number of aryl methyl sites for hydroxylation is 2. The highest BCUT2D eigenvalue weighted by Crippen LogP contribution is 2.23. The Bertz CT molecular complexity index is 556. The number of pyridine rings is 1. The molecule has 0 bridgehead atoms. The highest BCUT2D eigenvalue weighted by Gasteiger charge is 2.09. The molecule has 0 N–H and O–H groups in total. The molecule has 3 nitrogen and oxygen atoms in total. The van der Waals surface area contributed by atoms with Crippen LogP contribution < -0.4 is 4.74 Å². The minimum atomic E-state index is 0.495. The van der Waals surface area contributed by atoms with Crippen molar-refractivity contribution >= 4 is 11.3 Å². The molecule has 2 aromatic rings. The van der Waals surface area contributed by atoms with Crippen LogP contribution in [0.4, 0.5) is 0 Å². The fourth-order valence-electron chi connectivity index (χ4n) is 1.59. The van der Waals surface area contributed by atoms with E-state index in [-0.39, 0.29) is 0 Å². The van der Waals surface area contributed by atoms with Crippen LogP contribution in [0.15, 0.2) is 23.6 Å². The minimum Gasteiger partial charge on any atom is -0.487 e. The molecule has 0 saturated heterocycles. The van der Waals surface area contributed by atoms with Crippen LogP contribution in [0.5, 0.6) is 5.75 Å². The van der Waals surface area contributed by atoms with Gasteiger partial charge in [-0.2, -0.15) is 5.26 Å². The molecule has 2 rings (SSSR count). The van der Waals surface area contributed by atoms with E-state index in [1.165, 1.54) is 0 Å². The third kappa shape index (κ3) is 2.63. The largest absolute Gasteiger partial charge is 0.487 e. The molecule has 0 aliphatic carbocycles. The average Bonchev–Trinajstić information content (AvgIpc) is 2.78. The Labute approximate surface area is 104 Å². The summed E-state index contributed by atoms with van der Waals surface area (Å²) in [6, 6.07) is 7.94. The van der Waals surface area contributed by atoms with Gasteiger partial charge in [0.25, 0.3) is 0 Å². The summed E-state index contributed by atoms with van der Waals surface area (Å²) in [5.74, 6) is 0.617. The predicted octanol–water partition coefficient (Wildman–Crippen LogP) is 3.21. The predicted molar refractivity (Wildman–Crippen MR) is 67.1 cm³/mol. The van der Waals surface area contributed by atoms with E-state index >= 15 is 0 Å². The first-order chi connectivity index (χ1) is 8.20. The number of nitrogens with zero attached hydrogens (tertiary/aromatic N) is 2. The Hall–Kier alpha value is -1.86. The Morgan fingerprint density at radius 2 is 2.29 bits per heavy atom. The maximum absolute atomic E-state index is 9.08. The first-order valence-electron chi connectivity index (χ1n) is 5.24. The topological polar surface area (TPSA) is 45.9 Å². The molecule has 2 heterocycles. The lowest BCUT2D eigenvalue weighted by molar-refractivity contribution is 0.308. The van der Waals surface area contributed by atoms with E-state index in [2.05, 4.69) is 11.1 Å². The molecule has 0 saturated carbocycles. The van der Waals surface area contributed by atoms with Gasteiger partial charge < -0.3 is 4.74 Å². The van der Waals surface area contributed by atoms with Crippen molar-refractivity contribution < 1.29 is 4.74 Å². The smallest absolute Gasteiger partial charge is 0.141 e. The zero-order valence-electron chi connectivity index (χ0n) is 9.73. The monoisotopic (exact) mass is 244 g/mol. The van der Waals surface area contributed by atoms with E-state index in [0.717, 1.165) is 10.6 Å². The number of nitriles is 1. The summed E-state index contributed by atoms with van der Waals surface area (Å²) in [6.45, 7) is 4.21. The molecule has 0 amide bonds. The van der Waals surface area contributed by atoms with Gasteiger partial charge in [-0.1, -0.05) is 6.07 Å². The fraction of sp³-hybridized carbons (Fsp3) is 0.231. The maximum Gasteiger partial charge on any atom is 0.141 e. The standard InChI is InChI=1S/C13H12N2OS/c1-9-6-13(12(7-14)10(2)15-9)16-8-11-4-3-5-17-11/h3-6H,8H2,1-2H3. The molecule has 0 atom stereocenters. The lowest BCUT2D eigenvalue weighted by Crippen LogP contribution is -2.00. The molecular formula is C13H12N2OS. The molecule has 0 radical (unpaired) electrons. The summed E-state index contributed by atoms with van der Waals surface area (Å²) < 4.78 is 5.68. The molecule has 0 unspecified atom stereocenters. The fourth-order valence-corrected chi connectivity index (χ4v) is 2.20. The van der Waals surface area contributed by atoms with Gasteiger partial charge in [0.1, 0.15) is 24.0 Å². The van der Waals surface area contributed by atoms with Gasteiger partial charge >= 0.3 is 0 Å². The van der Waals surface area contributed by atoms with Gasteiger partial charge in [-0.25, -0.2) is 0 Å². The van der Waals surface area contributed by atoms with Gasteiger partial charge in [-0.05, 0) is 25.3 Å². The van der Waals surface area contributed by atoms with Gasteiger partial charge in [0, 0.05) is 16.6 Å². The van der Waals surface area contributed by atoms with Crippen molar-refractivity contribution in [2.24, 2.45) is 0 Å². The van der Waals surface area contributed by atoms with Crippen LogP contribution in [0, 0.1) is 25.2 Å². The van der Waals surface area contributed by atoms with Gasteiger partial charge in [0.05, 0.1) is 5.69 Å². The molecule has 0 fully saturated rings. The highest BCUT2D eigenvalue weighted by molar-refractivity contribution is 7.09. The Kier molecular flexibility index (Phi) is 3.40. The van der Waals surface area contributed by atoms with Gasteiger partial charge in [-0.15, -0.1) is 11.3 Å². The number of ether oxygens (including phenoxy) is 1. The summed E-state index contributed by atoms with van der Waals surface area (Å²) in [5, 5.41) is 11.1. The maximum atomic E-state index is 9.08. The van der Waals surface area contributed by atoms with Crippen LogP contribution >= 0.6 is 11.3 Å². The minimum absolute atomic E-state index is 0.495. The molecule has 86 valence electrons. The van der Waals surface area contributed by atoms with Crippen LogP contribution in [-0.4, -0.2) is 4.98 Å². The van der Waals surface area contributed by atoms with Crippen LogP contribution in [0.25, 0.3) is 0 Å². The van der Waals surface area contributed by atoms with Gasteiger partial charge in [-0.3, -0.25) is 4.98 Å². The van der Waals surface area contributed by atoms with Crippen molar-refractivity contribution in [2.75, 3.05) is 0 Å². The third-order valence-electron chi connectivity index (χ3n) is 2.35. The zero-order chi connectivity index (χ0) is 12.3. The summed E-state index contributed by atoms with van der Waals surface area (Å²) in [6.07, 6.45) is 0. The molecule has 0 aliphatic heterocycles. The second-order valence-electron chi connectivity index (χ2n) is 3.70. The van der Waals surface area contributed by atoms with Crippen molar-refractivity contribution in [3.8, 4) is 11.8 Å². The number of rotatable bonds is 3. The van der Waals surface area contributed by atoms with Gasteiger partial charge in [0.15, 0.2) is 0 Å². The first-order valence-corrected chi connectivity index (χ1v) is 6.12. The number of aromatic nitrogens is 1. The second-order valence-corrected chi connectivity index (χ2v) is 4.73. The number of thiophene rings is 1. The molecule has 17 heavy (non-hydrogen) atoms. The lowest BCUT2D eigenvalue weighted by atomic mass is 10.2. The molecule has 2 aromatic heterocycles. The average molecular weight is 244 g/mol.